The van der Waals surface area contributed by atoms with E-state index in [1.54, 1.807) is 0 Å². The van der Waals surface area contributed by atoms with Crippen molar-refractivity contribution in [3.05, 3.63) is 29.8 Å². The highest BCUT2D eigenvalue weighted by Gasteiger charge is 2.28. The molecule has 0 aromatic heterocycles. The smallest absolute Gasteiger partial charge is 0.106 e. The lowest BCUT2D eigenvalue weighted by atomic mass is 9.78. The third kappa shape index (κ3) is 3.08. The maximum atomic E-state index is 5.84. The minimum absolute atomic E-state index is 0.486. The third-order valence-corrected chi connectivity index (χ3v) is 4.89. The standard InChI is InChI=1S/C16H24N2S/c1-11-8-9-13(10-12(11)2)18(3)15-7-5-4-6-14(15)16(17)19/h4-7,11-13H,8-10H2,1-3H3,(H2,17,19). The second-order valence-corrected chi connectivity index (χ2v) is 6.35. The fraction of sp³-hybridized carbons (Fsp3) is 0.562. The molecule has 0 heterocycles. The van der Waals surface area contributed by atoms with Crippen molar-refractivity contribution in [1.29, 1.82) is 0 Å². The van der Waals surface area contributed by atoms with Gasteiger partial charge >= 0.3 is 0 Å². The van der Waals surface area contributed by atoms with E-state index < -0.39 is 0 Å². The largest absolute Gasteiger partial charge is 0.389 e. The van der Waals surface area contributed by atoms with Crippen LogP contribution in [-0.4, -0.2) is 18.1 Å². The summed E-state index contributed by atoms with van der Waals surface area (Å²) in [5.41, 5.74) is 8.00. The van der Waals surface area contributed by atoms with Crippen molar-refractivity contribution in [2.45, 2.75) is 39.2 Å². The predicted octanol–water partition coefficient (Wildman–Crippen LogP) is 3.58. The predicted molar refractivity (Wildman–Crippen MR) is 86.7 cm³/mol. The number of nitrogens with zero attached hydrogens (tertiary/aromatic N) is 1. The second-order valence-electron chi connectivity index (χ2n) is 5.91. The zero-order chi connectivity index (χ0) is 14.0. The molecule has 0 spiro atoms. The number of benzene rings is 1. The van der Waals surface area contributed by atoms with Gasteiger partial charge in [-0.25, -0.2) is 0 Å². The van der Waals surface area contributed by atoms with Gasteiger partial charge in [0.25, 0.3) is 0 Å². The number of hydrogen-bond acceptors (Lipinski definition) is 2. The number of hydrogen-bond donors (Lipinski definition) is 1. The number of anilines is 1. The third-order valence-electron chi connectivity index (χ3n) is 4.67. The van der Waals surface area contributed by atoms with E-state index in [-0.39, 0.29) is 0 Å². The van der Waals surface area contributed by atoms with E-state index in [0.29, 0.717) is 11.0 Å². The lowest BCUT2D eigenvalue weighted by Gasteiger charge is -2.39. The summed E-state index contributed by atoms with van der Waals surface area (Å²) in [5, 5.41) is 0. The van der Waals surface area contributed by atoms with E-state index in [0.717, 1.165) is 17.4 Å². The summed E-state index contributed by atoms with van der Waals surface area (Å²) in [5.74, 6) is 1.63. The van der Waals surface area contributed by atoms with Crippen LogP contribution in [0.4, 0.5) is 5.69 Å². The van der Waals surface area contributed by atoms with Crippen molar-refractivity contribution in [2.24, 2.45) is 17.6 Å². The molecule has 3 unspecified atom stereocenters. The van der Waals surface area contributed by atoms with Crippen LogP contribution in [0.15, 0.2) is 24.3 Å². The van der Waals surface area contributed by atoms with Crippen LogP contribution in [0.1, 0.15) is 38.7 Å². The van der Waals surface area contributed by atoms with Gasteiger partial charge in [-0.1, -0.05) is 38.2 Å². The van der Waals surface area contributed by atoms with Crippen LogP contribution in [0.3, 0.4) is 0 Å². The summed E-state index contributed by atoms with van der Waals surface area (Å²) in [6, 6.07) is 8.79. The van der Waals surface area contributed by atoms with Crippen molar-refractivity contribution < 1.29 is 0 Å². The Hall–Kier alpha value is -1.09. The molecule has 1 saturated carbocycles. The van der Waals surface area contributed by atoms with Crippen molar-refractivity contribution in [2.75, 3.05) is 11.9 Å². The Balaban J connectivity index is 2.20. The monoisotopic (exact) mass is 276 g/mol. The van der Waals surface area contributed by atoms with Crippen LogP contribution in [0.2, 0.25) is 0 Å². The fourth-order valence-corrected chi connectivity index (χ4v) is 3.23. The fourth-order valence-electron chi connectivity index (χ4n) is 3.06. The van der Waals surface area contributed by atoms with Gasteiger partial charge in [0.2, 0.25) is 0 Å². The Morgan fingerprint density at radius 3 is 2.53 bits per heavy atom. The van der Waals surface area contributed by atoms with Gasteiger partial charge < -0.3 is 10.6 Å². The van der Waals surface area contributed by atoms with Gasteiger partial charge in [0.1, 0.15) is 4.99 Å². The lowest BCUT2D eigenvalue weighted by molar-refractivity contribution is 0.247. The minimum Gasteiger partial charge on any atom is -0.389 e. The zero-order valence-electron chi connectivity index (χ0n) is 12.1. The zero-order valence-corrected chi connectivity index (χ0v) is 12.9. The van der Waals surface area contributed by atoms with Crippen molar-refractivity contribution >= 4 is 22.9 Å². The SMILES string of the molecule is CC1CCC(N(C)c2ccccc2C(N)=S)CC1C. The van der Waals surface area contributed by atoms with Crippen LogP contribution in [0.5, 0.6) is 0 Å². The van der Waals surface area contributed by atoms with E-state index in [4.69, 9.17) is 18.0 Å². The average molecular weight is 276 g/mol. The summed E-state index contributed by atoms with van der Waals surface area (Å²) in [6.07, 6.45) is 3.82. The Morgan fingerprint density at radius 2 is 1.89 bits per heavy atom. The van der Waals surface area contributed by atoms with Crippen LogP contribution >= 0.6 is 12.2 Å². The Labute approximate surface area is 122 Å². The van der Waals surface area contributed by atoms with Crippen LogP contribution < -0.4 is 10.6 Å². The van der Waals surface area contributed by atoms with E-state index in [9.17, 15) is 0 Å². The molecule has 0 saturated heterocycles. The first-order chi connectivity index (χ1) is 9.00. The minimum atomic E-state index is 0.486. The summed E-state index contributed by atoms with van der Waals surface area (Å²) in [4.78, 5) is 2.86. The molecule has 1 aromatic carbocycles. The van der Waals surface area contributed by atoms with E-state index in [2.05, 4.69) is 37.9 Å². The first-order valence-electron chi connectivity index (χ1n) is 7.12. The molecule has 0 bridgehead atoms. The van der Waals surface area contributed by atoms with Crippen molar-refractivity contribution in [3.8, 4) is 0 Å². The highest BCUT2D eigenvalue weighted by molar-refractivity contribution is 7.80. The summed E-state index contributed by atoms with van der Waals surface area (Å²) in [7, 11) is 2.17. The maximum absolute atomic E-state index is 5.84. The van der Waals surface area contributed by atoms with Crippen LogP contribution in [0.25, 0.3) is 0 Å². The molecule has 1 aliphatic rings. The molecule has 1 aliphatic carbocycles. The highest BCUT2D eigenvalue weighted by atomic mass is 32.1. The molecule has 2 rings (SSSR count). The number of thiocarbonyl (C=S) groups is 1. The van der Waals surface area contributed by atoms with E-state index in [1.807, 2.05) is 12.1 Å². The molecule has 1 fully saturated rings. The number of para-hydroxylation sites is 1. The molecule has 1 aromatic rings. The molecule has 0 radical (unpaired) electrons. The molecule has 19 heavy (non-hydrogen) atoms. The average Bonchev–Trinajstić information content (AvgIpc) is 2.41. The molecule has 0 amide bonds. The summed E-state index contributed by atoms with van der Waals surface area (Å²) < 4.78 is 0. The first-order valence-corrected chi connectivity index (χ1v) is 7.53. The quantitative estimate of drug-likeness (QED) is 0.856. The Bertz CT molecular complexity index is 458. The summed E-state index contributed by atoms with van der Waals surface area (Å²) >= 11 is 5.16. The Kier molecular flexibility index (Phi) is 4.46. The van der Waals surface area contributed by atoms with Gasteiger partial charge in [-0.15, -0.1) is 0 Å². The highest BCUT2D eigenvalue weighted by Crippen LogP contribution is 2.34. The van der Waals surface area contributed by atoms with Gasteiger partial charge in [-0.3, -0.25) is 0 Å². The van der Waals surface area contributed by atoms with E-state index in [1.165, 1.54) is 24.9 Å². The van der Waals surface area contributed by atoms with E-state index >= 15 is 0 Å². The number of nitrogens with two attached hydrogens (primary N) is 1. The molecule has 3 atom stereocenters. The molecule has 3 heteroatoms. The molecule has 104 valence electrons. The topological polar surface area (TPSA) is 29.3 Å². The molecule has 0 aliphatic heterocycles. The lowest BCUT2D eigenvalue weighted by Crippen LogP contribution is -2.38. The van der Waals surface area contributed by atoms with Gasteiger partial charge in [0.05, 0.1) is 0 Å². The molecular formula is C16H24N2S. The maximum Gasteiger partial charge on any atom is 0.106 e. The van der Waals surface area contributed by atoms with Crippen molar-refractivity contribution in [3.63, 3.8) is 0 Å². The van der Waals surface area contributed by atoms with Crippen molar-refractivity contribution in [1.82, 2.24) is 0 Å². The van der Waals surface area contributed by atoms with Gasteiger partial charge in [0, 0.05) is 24.3 Å². The summed E-state index contributed by atoms with van der Waals surface area (Å²) in [6.45, 7) is 4.73. The second kappa shape index (κ2) is 5.91. The van der Waals surface area contributed by atoms with Crippen LogP contribution in [-0.2, 0) is 0 Å². The molecule has 2 N–H and O–H groups in total. The van der Waals surface area contributed by atoms with Gasteiger partial charge in [0.15, 0.2) is 0 Å². The van der Waals surface area contributed by atoms with Gasteiger partial charge in [-0.05, 0) is 43.2 Å². The van der Waals surface area contributed by atoms with Gasteiger partial charge in [-0.2, -0.15) is 0 Å². The Morgan fingerprint density at radius 1 is 1.21 bits per heavy atom. The first kappa shape index (κ1) is 14.3. The van der Waals surface area contributed by atoms with Crippen LogP contribution in [0, 0.1) is 11.8 Å². The molecule has 2 nitrogen and oxygen atoms in total. The normalized spacial score (nSPS) is 27.0. The number of rotatable bonds is 3. The molecular weight excluding hydrogens is 252 g/mol.